The van der Waals surface area contributed by atoms with Gasteiger partial charge in [-0.1, -0.05) is 18.3 Å². The number of carbonyl (C=O) groups excluding carboxylic acids is 1. The van der Waals surface area contributed by atoms with Crippen LogP contribution in [0, 0.1) is 12.7 Å². The van der Waals surface area contributed by atoms with Gasteiger partial charge in [-0.3, -0.25) is 4.79 Å². The van der Waals surface area contributed by atoms with Gasteiger partial charge in [0.2, 0.25) is 5.76 Å². The third-order valence-electron chi connectivity index (χ3n) is 7.43. The van der Waals surface area contributed by atoms with Crippen LogP contribution < -0.4 is 15.1 Å². The van der Waals surface area contributed by atoms with E-state index < -0.39 is 0 Å². The van der Waals surface area contributed by atoms with E-state index in [0.29, 0.717) is 26.2 Å². The zero-order valence-corrected chi connectivity index (χ0v) is 24.2. The molecule has 1 aromatic carbocycles. The number of amides is 1. The number of thiazole rings is 1. The Balaban J connectivity index is 1.32. The summed E-state index contributed by atoms with van der Waals surface area (Å²) in [5.41, 5.74) is 6.70. The minimum atomic E-state index is -0.278. The van der Waals surface area contributed by atoms with Crippen molar-refractivity contribution in [3.63, 3.8) is 0 Å². The zero-order chi connectivity index (χ0) is 28.7. The molecule has 1 fully saturated rings. The first-order valence-electron chi connectivity index (χ1n) is 13.5. The number of aromatic nitrogens is 4. The van der Waals surface area contributed by atoms with Crippen molar-refractivity contribution in [2.24, 2.45) is 0 Å². The van der Waals surface area contributed by atoms with Crippen molar-refractivity contribution in [1.29, 1.82) is 0 Å². The number of nitrogens with zero attached hydrogens (tertiary/aromatic N) is 7. The third kappa shape index (κ3) is 4.88. The average Bonchev–Trinajstić information content (AvgIpc) is 3.76. The Morgan fingerprint density at radius 1 is 1.17 bits per heavy atom. The fourth-order valence-corrected chi connectivity index (χ4v) is 6.19. The number of benzene rings is 1. The summed E-state index contributed by atoms with van der Waals surface area (Å²) in [5, 5.41) is 9.91. The van der Waals surface area contributed by atoms with Crippen LogP contribution in [-0.2, 0) is 6.42 Å². The molecule has 1 amide bonds. The van der Waals surface area contributed by atoms with E-state index in [1.54, 1.807) is 28.4 Å². The molecular formula is C29H31FN8O2S. The number of piperazine rings is 1. The van der Waals surface area contributed by atoms with Gasteiger partial charge in [-0.05, 0) is 49.7 Å². The number of halogens is 1. The summed E-state index contributed by atoms with van der Waals surface area (Å²) < 4.78 is 20.8. The Kier molecular flexibility index (Phi) is 7.08. The van der Waals surface area contributed by atoms with Gasteiger partial charge in [0.1, 0.15) is 16.5 Å². The van der Waals surface area contributed by atoms with Crippen molar-refractivity contribution in [2.75, 3.05) is 55.4 Å². The molecule has 1 saturated heterocycles. The number of pyridine rings is 1. The molecule has 1 aliphatic heterocycles. The second kappa shape index (κ2) is 10.8. The number of fused-ring (bicyclic) bond motifs is 1. The monoisotopic (exact) mass is 574 g/mol. The molecule has 12 heteroatoms. The van der Waals surface area contributed by atoms with Crippen LogP contribution in [0.5, 0.6) is 0 Å². The first-order valence-corrected chi connectivity index (χ1v) is 14.3. The summed E-state index contributed by atoms with van der Waals surface area (Å²) in [6, 6.07) is 10.7. The van der Waals surface area contributed by atoms with Crippen molar-refractivity contribution in [1.82, 2.24) is 24.5 Å². The third-order valence-corrected chi connectivity index (χ3v) is 8.58. The van der Waals surface area contributed by atoms with E-state index in [1.165, 1.54) is 24.7 Å². The van der Waals surface area contributed by atoms with Crippen molar-refractivity contribution >= 4 is 44.3 Å². The highest BCUT2D eigenvalue weighted by molar-refractivity contribution is 7.20. The maximum absolute atomic E-state index is 13.6. The maximum Gasteiger partial charge on any atom is 0.291 e. The standard InChI is InChI=1S/C29H31FN8O2S/c1-5-22-26(35(4)29-33-25(27(31-3)41-29)19-6-8-20(30)9-7-19)23-15-21(14-18(2)38(23)34-22)36-10-12-37(13-11-36)28(39)24-16-32-17-40-24/h6-9,14-17,31H,5,10-13H2,1-4H3. The lowest BCUT2D eigenvalue weighted by atomic mass is 10.1. The number of oxazole rings is 1. The SMILES string of the molecule is CCc1nn2c(C)cc(N3CCN(C(=O)c4cnco4)CC3)cc2c1N(C)c1nc(-c2ccc(F)cc2)c(NC)s1. The van der Waals surface area contributed by atoms with Crippen LogP contribution in [0.1, 0.15) is 28.9 Å². The van der Waals surface area contributed by atoms with E-state index >= 15 is 0 Å². The number of carbonyl (C=O) groups is 1. The van der Waals surface area contributed by atoms with Crippen LogP contribution in [0.25, 0.3) is 16.8 Å². The van der Waals surface area contributed by atoms with Gasteiger partial charge in [0, 0.05) is 57.2 Å². The summed E-state index contributed by atoms with van der Waals surface area (Å²) >= 11 is 1.54. The molecule has 0 radical (unpaired) electrons. The Bertz CT molecular complexity index is 1690. The van der Waals surface area contributed by atoms with E-state index in [4.69, 9.17) is 14.5 Å². The maximum atomic E-state index is 13.6. The average molecular weight is 575 g/mol. The van der Waals surface area contributed by atoms with Crippen LogP contribution in [0.3, 0.4) is 0 Å². The molecule has 0 aliphatic carbocycles. The number of nitrogens with one attached hydrogen (secondary N) is 1. The lowest BCUT2D eigenvalue weighted by Gasteiger charge is -2.36. The molecule has 212 valence electrons. The second-order valence-electron chi connectivity index (χ2n) is 9.94. The van der Waals surface area contributed by atoms with E-state index in [9.17, 15) is 9.18 Å². The molecule has 5 heterocycles. The summed E-state index contributed by atoms with van der Waals surface area (Å²) in [4.78, 5) is 27.7. The highest BCUT2D eigenvalue weighted by Gasteiger charge is 2.26. The van der Waals surface area contributed by atoms with Crippen LogP contribution >= 0.6 is 11.3 Å². The van der Waals surface area contributed by atoms with Crippen LogP contribution in [0.4, 0.5) is 25.9 Å². The number of aryl methyl sites for hydroxylation is 2. The van der Waals surface area contributed by atoms with Gasteiger partial charge in [0.15, 0.2) is 11.5 Å². The van der Waals surface area contributed by atoms with Gasteiger partial charge in [-0.15, -0.1) is 0 Å². The number of rotatable bonds is 7. The van der Waals surface area contributed by atoms with E-state index in [2.05, 4.69) is 46.1 Å². The Labute approximate surface area is 241 Å². The fraction of sp³-hybridized carbons (Fsp3) is 0.310. The summed E-state index contributed by atoms with van der Waals surface area (Å²) in [5.74, 6) is -0.147. The highest BCUT2D eigenvalue weighted by Crippen LogP contribution is 2.41. The van der Waals surface area contributed by atoms with E-state index in [1.807, 2.05) is 18.6 Å². The second-order valence-corrected chi connectivity index (χ2v) is 10.9. The van der Waals surface area contributed by atoms with Gasteiger partial charge >= 0.3 is 0 Å². The normalized spacial score (nSPS) is 13.7. The molecule has 4 aromatic heterocycles. The molecule has 0 atom stereocenters. The summed E-state index contributed by atoms with van der Waals surface area (Å²) in [6.45, 7) is 6.75. The number of anilines is 4. The van der Waals surface area contributed by atoms with Crippen LogP contribution in [0.15, 0.2) is 53.4 Å². The lowest BCUT2D eigenvalue weighted by molar-refractivity contribution is 0.0714. The lowest BCUT2D eigenvalue weighted by Crippen LogP contribution is -2.48. The molecular weight excluding hydrogens is 543 g/mol. The van der Waals surface area contributed by atoms with Gasteiger partial charge in [0.05, 0.1) is 23.1 Å². The minimum absolute atomic E-state index is 0.134. The number of hydrogen-bond acceptors (Lipinski definition) is 9. The predicted molar refractivity (Wildman–Crippen MR) is 159 cm³/mol. The largest absolute Gasteiger partial charge is 0.438 e. The first-order chi connectivity index (χ1) is 19.9. The zero-order valence-electron chi connectivity index (χ0n) is 23.4. The van der Waals surface area contributed by atoms with Crippen molar-refractivity contribution in [3.05, 3.63) is 72.0 Å². The molecule has 0 spiro atoms. The first kappa shape index (κ1) is 26.8. The van der Waals surface area contributed by atoms with Crippen molar-refractivity contribution in [3.8, 4) is 11.3 Å². The topological polar surface area (TPSA) is 95.0 Å². The van der Waals surface area contributed by atoms with Gasteiger partial charge in [0.25, 0.3) is 5.91 Å². The summed E-state index contributed by atoms with van der Waals surface area (Å²) in [6.07, 6.45) is 3.49. The number of hydrogen-bond donors (Lipinski definition) is 1. The highest BCUT2D eigenvalue weighted by atomic mass is 32.1. The van der Waals surface area contributed by atoms with Gasteiger partial charge in [-0.2, -0.15) is 5.10 Å². The van der Waals surface area contributed by atoms with Crippen LogP contribution in [0.2, 0.25) is 0 Å². The molecule has 5 aromatic rings. The van der Waals surface area contributed by atoms with E-state index in [0.717, 1.165) is 56.1 Å². The van der Waals surface area contributed by atoms with E-state index in [-0.39, 0.29) is 17.5 Å². The molecule has 41 heavy (non-hydrogen) atoms. The molecule has 6 rings (SSSR count). The van der Waals surface area contributed by atoms with Crippen LogP contribution in [-0.4, -0.2) is 70.7 Å². The predicted octanol–water partition coefficient (Wildman–Crippen LogP) is 5.23. The molecule has 1 N–H and O–H groups in total. The van der Waals surface area contributed by atoms with Crippen molar-refractivity contribution < 1.29 is 13.6 Å². The smallest absolute Gasteiger partial charge is 0.291 e. The summed E-state index contributed by atoms with van der Waals surface area (Å²) in [7, 11) is 3.88. The van der Waals surface area contributed by atoms with Gasteiger partial charge < -0.3 is 24.4 Å². The Hall–Kier alpha value is -4.45. The molecule has 1 aliphatic rings. The molecule has 0 bridgehead atoms. The minimum Gasteiger partial charge on any atom is -0.438 e. The Morgan fingerprint density at radius 3 is 2.59 bits per heavy atom. The molecule has 0 unspecified atom stereocenters. The Morgan fingerprint density at radius 2 is 1.93 bits per heavy atom. The molecule has 10 nitrogen and oxygen atoms in total. The fourth-order valence-electron chi connectivity index (χ4n) is 5.28. The quantitative estimate of drug-likeness (QED) is 0.283. The van der Waals surface area contributed by atoms with Gasteiger partial charge in [-0.25, -0.2) is 18.9 Å². The molecule has 0 saturated carbocycles. The van der Waals surface area contributed by atoms with Crippen molar-refractivity contribution in [2.45, 2.75) is 20.3 Å².